The molecule has 0 saturated carbocycles. The summed E-state index contributed by atoms with van der Waals surface area (Å²) < 4.78 is 0. The van der Waals surface area contributed by atoms with Gasteiger partial charge in [-0.1, -0.05) is 11.6 Å². The predicted octanol–water partition coefficient (Wildman–Crippen LogP) is 2.12. The normalized spacial score (nSPS) is 22.5. The van der Waals surface area contributed by atoms with E-state index in [2.05, 4.69) is 0 Å². The summed E-state index contributed by atoms with van der Waals surface area (Å²) in [6, 6.07) is 4.04. The van der Waals surface area contributed by atoms with E-state index in [1.54, 1.807) is 0 Å². The molecule has 1 fully saturated rings. The van der Waals surface area contributed by atoms with Crippen LogP contribution in [-0.4, -0.2) is 39.1 Å². The van der Waals surface area contributed by atoms with E-state index in [1.807, 2.05) is 0 Å². The van der Waals surface area contributed by atoms with Crippen LogP contribution in [0.2, 0.25) is 5.02 Å². The van der Waals surface area contributed by atoms with E-state index < -0.39 is 17.4 Å². The van der Waals surface area contributed by atoms with E-state index in [9.17, 15) is 19.8 Å². The number of aromatic hydroxyl groups is 1. The predicted molar refractivity (Wildman–Crippen MR) is 69.4 cm³/mol. The molecule has 0 bridgehead atoms. The van der Waals surface area contributed by atoms with Crippen LogP contribution in [0.3, 0.4) is 0 Å². The molecule has 0 spiro atoms. The molecule has 1 aliphatic rings. The first-order valence-corrected chi connectivity index (χ1v) is 6.28. The Labute approximate surface area is 115 Å². The number of hydrogen-bond acceptors (Lipinski definition) is 3. The average molecular weight is 284 g/mol. The molecule has 0 radical (unpaired) electrons. The van der Waals surface area contributed by atoms with Gasteiger partial charge in [0.2, 0.25) is 0 Å². The number of phenols is 1. The van der Waals surface area contributed by atoms with Crippen LogP contribution in [-0.2, 0) is 4.79 Å². The van der Waals surface area contributed by atoms with Crippen molar-refractivity contribution < 1.29 is 19.8 Å². The molecule has 1 atom stereocenters. The van der Waals surface area contributed by atoms with E-state index >= 15 is 0 Å². The molecular weight excluding hydrogens is 270 g/mol. The lowest BCUT2D eigenvalue weighted by molar-refractivity contribution is -0.147. The van der Waals surface area contributed by atoms with Crippen molar-refractivity contribution in [1.82, 2.24) is 4.90 Å². The van der Waals surface area contributed by atoms with Gasteiger partial charge in [0, 0.05) is 6.54 Å². The fourth-order valence-corrected chi connectivity index (χ4v) is 2.53. The van der Waals surface area contributed by atoms with Gasteiger partial charge >= 0.3 is 5.97 Å². The Kier molecular flexibility index (Phi) is 3.41. The SMILES string of the molecule is CC1(C(=O)O)CCCN1C(=O)c1cc(O)ccc1Cl. The maximum absolute atomic E-state index is 12.4. The maximum Gasteiger partial charge on any atom is 0.329 e. The number of phenolic OH excluding ortho intramolecular Hbond substituents is 1. The number of carboxylic acids is 1. The number of benzene rings is 1. The molecule has 1 unspecified atom stereocenters. The minimum Gasteiger partial charge on any atom is -0.508 e. The third-order valence-corrected chi connectivity index (χ3v) is 3.86. The van der Waals surface area contributed by atoms with Crippen molar-refractivity contribution in [2.75, 3.05) is 6.54 Å². The second-order valence-corrected chi connectivity index (χ2v) is 5.21. The van der Waals surface area contributed by atoms with Crippen molar-refractivity contribution in [2.24, 2.45) is 0 Å². The number of carbonyl (C=O) groups excluding carboxylic acids is 1. The molecule has 2 rings (SSSR count). The summed E-state index contributed by atoms with van der Waals surface area (Å²) in [5.41, 5.74) is -1.10. The minimum atomic E-state index is -1.22. The third-order valence-electron chi connectivity index (χ3n) is 3.53. The molecule has 1 aliphatic heterocycles. The largest absolute Gasteiger partial charge is 0.508 e. The molecular formula is C13H14ClNO4. The van der Waals surface area contributed by atoms with Gasteiger partial charge in [-0.15, -0.1) is 0 Å². The zero-order valence-electron chi connectivity index (χ0n) is 10.4. The Morgan fingerprint density at radius 2 is 2.11 bits per heavy atom. The lowest BCUT2D eigenvalue weighted by Crippen LogP contribution is -2.50. The number of carbonyl (C=O) groups is 2. The number of aliphatic carboxylic acids is 1. The summed E-state index contributed by atoms with van der Waals surface area (Å²) in [6.45, 7) is 1.89. The minimum absolute atomic E-state index is 0.0797. The zero-order chi connectivity index (χ0) is 14.2. The van der Waals surface area contributed by atoms with Crippen molar-refractivity contribution in [3.8, 4) is 5.75 Å². The fraction of sp³-hybridized carbons (Fsp3) is 0.385. The van der Waals surface area contributed by atoms with Crippen LogP contribution in [0, 0.1) is 0 Å². The van der Waals surface area contributed by atoms with Crippen molar-refractivity contribution in [1.29, 1.82) is 0 Å². The second-order valence-electron chi connectivity index (χ2n) is 4.80. The number of nitrogens with zero attached hydrogens (tertiary/aromatic N) is 1. The van der Waals surface area contributed by atoms with Gasteiger partial charge in [0.05, 0.1) is 10.6 Å². The first-order valence-electron chi connectivity index (χ1n) is 5.90. The Bertz CT molecular complexity index is 545. The summed E-state index contributed by atoms with van der Waals surface area (Å²) in [5.74, 6) is -1.58. The topological polar surface area (TPSA) is 77.8 Å². The quantitative estimate of drug-likeness (QED) is 0.871. The smallest absolute Gasteiger partial charge is 0.329 e. The van der Waals surface area contributed by atoms with Gasteiger partial charge in [0.25, 0.3) is 5.91 Å². The van der Waals surface area contributed by atoms with Crippen molar-refractivity contribution >= 4 is 23.5 Å². The molecule has 2 N–H and O–H groups in total. The summed E-state index contributed by atoms with van der Waals surface area (Å²) in [7, 11) is 0. The molecule has 6 heteroatoms. The van der Waals surface area contributed by atoms with E-state index in [1.165, 1.54) is 30.0 Å². The second kappa shape index (κ2) is 4.74. The van der Waals surface area contributed by atoms with E-state index in [0.29, 0.717) is 19.4 Å². The number of hydrogen-bond donors (Lipinski definition) is 2. The van der Waals surface area contributed by atoms with Crippen LogP contribution in [0.4, 0.5) is 0 Å². The highest BCUT2D eigenvalue weighted by Gasteiger charge is 2.46. The standard InChI is InChI=1S/C13H14ClNO4/c1-13(12(18)19)5-2-6-15(13)11(17)9-7-8(16)3-4-10(9)14/h3-4,7,16H,2,5-6H2,1H3,(H,18,19). The molecule has 1 aromatic carbocycles. The monoisotopic (exact) mass is 283 g/mol. The molecule has 0 aromatic heterocycles. The van der Waals surface area contributed by atoms with Crippen molar-refractivity contribution in [3.05, 3.63) is 28.8 Å². The number of rotatable bonds is 2. The Morgan fingerprint density at radius 3 is 2.74 bits per heavy atom. The van der Waals surface area contributed by atoms with Gasteiger partial charge in [0.1, 0.15) is 11.3 Å². The number of amides is 1. The van der Waals surface area contributed by atoms with E-state index in [4.69, 9.17) is 11.6 Å². The van der Waals surface area contributed by atoms with Gasteiger partial charge < -0.3 is 15.1 Å². The van der Waals surface area contributed by atoms with Gasteiger partial charge in [-0.2, -0.15) is 0 Å². The van der Waals surface area contributed by atoms with Gasteiger partial charge in [-0.05, 0) is 38.0 Å². The molecule has 1 amide bonds. The summed E-state index contributed by atoms with van der Waals surface area (Å²) in [4.78, 5) is 25.1. The maximum atomic E-state index is 12.4. The van der Waals surface area contributed by atoms with Crippen molar-refractivity contribution in [3.63, 3.8) is 0 Å². The fourth-order valence-electron chi connectivity index (χ4n) is 2.33. The van der Waals surface area contributed by atoms with Crippen LogP contribution < -0.4 is 0 Å². The summed E-state index contributed by atoms with van der Waals surface area (Å²) >= 11 is 5.94. The molecule has 5 nitrogen and oxygen atoms in total. The van der Waals surface area contributed by atoms with Crippen LogP contribution in [0.15, 0.2) is 18.2 Å². The summed E-state index contributed by atoms with van der Waals surface area (Å²) in [6.07, 6.45) is 1.04. The number of likely N-dealkylation sites (tertiary alicyclic amines) is 1. The number of halogens is 1. The zero-order valence-corrected chi connectivity index (χ0v) is 11.1. The highest BCUT2D eigenvalue weighted by Crippen LogP contribution is 2.32. The van der Waals surface area contributed by atoms with Crippen LogP contribution in [0.25, 0.3) is 0 Å². The van der Waals surface area contributed by atoms with E-state index in [0.717, 1.165) is 0 Å². The van der Waals surface area contributed by atoms with Gasteiger partial charge in [-0.3, -0.25) is 4.79 Å². The Morgan fingerprint density at radius 1 is 1.42 bits per heavy atom. The van der Waals surface area contributed by atoms with Gasteiger partial charge in [-0.25, -0.2) is 4.79 Å². The first-order chi connectivity index (χ1) is 8.86. The van der Waals surface area contributed by atoms with E-state index in [-0.39, 0.29) is 16.3 Å². The molecule has 1 aromatic rings. The van der Waals surface area contributed by atoms with Crippen LogP contribution in [0.1, 0.15) is 30.1 Å². The molecule has 1 saturated heterocycles. The number of carboxylic acid groups (broad SMARTS) is 1. The molecule has 102 valence electrons. The molecule has 19 heavy (non-hydrogen) atoms. The third kappa shape index (κ3) is 2.26. The first kappa shape index (κ1) is 13.7. The molecule has 1 heterocycles. The Hall–Kier alpha value is -1.75. The molecule has 0 aliphatic carbocycles. The van der Waals surface area contributed by atoms with Crippen LogP contribution in [0.5, 0.6) is 5.75 Å². The lowest BCUT2D eigenvalue weighted by Gasteiger charge is -2.31. The summed E-state index contributed by atoms with van der Waals surface area (Å²) in [5, 5.41) is 18.9. The van der Waals surface area contributed by atoms with Crippen molar-refractivity contribution in [2.45, 2.75) is 25.3 Å². The lowest BCUT2D eigenvalue weighted by atomic mass is 9.98. The average Bonchev–Trinajstić information content (AvgIpc) is 2.75. The highest BCUT2D eigenvalue weighted by molar-refractivity contribution is 6.34. The Balaban J connectivity index is 2.39. The van der Waals surface area contributed by atoms with Crippen LogP contribution >= 0.6 is 11.6 Å². The van der Waals surface area contributed by atoms with Gasteiger partial charge in [0.15, 0.2) is 0 Å². The highest BCUT2D eigenvalue weighted by atomic mass is 35.5.